The van der Waals surface area contributed by atoms with Crippen LogP contribution in [0.25, 0.3) is 0 Å². The van der Waals surface area contributed by atoms with Crippen LogP contribution in [-0.4, -0.2) is 17.3 Å². The van der Waals surface area contributed by atoms with E-state index in [1.54, 1.807) is 127 Å². The van der Waals surface area contributed by atoms with Crippen LogP contribution < -0.4 is 14.2 Å². The van der Waals surface area contributed by atoms with Gasteiger partial charge in [0.2, 0.25) is 0 Å². The first-order chi connectivity index (χ1) is 36.8. The van der Waals surface area contributed by atoms with Gasteiger partial charge in [0, 0.05) is 85.0 Å². The first kappa shape index (κ1) is 47.9. The summed E-state index contributed by atoms with van der Waals surface area (Å²) in [6, 6.07) is 76.7. The van der Waals surface area contributed by atoms with Gasteiger partial charge in [0.05, 0.1) is 0 Å². The van der Waals surface area contributed by atoms with E-state index in [9.17, 15) is 14.4 Å². The summed E-state index contributed by atoms with van der Waals surface area (Å²) in [6.45, 7) is 0. The number of ether oxygens (including phenoxy) is 3. The SMILES string of the molecule is O=C(c1ccc(C#Cc2ccccc2)cc1)c1ccc(Oc2cc(Oc3ccc(C(=O)c4ccc(C#Cc5ccccc5)cc4)cc3)cc(Oc3ccc(C(=O)c4ccc(C#Cc5ccccc5)cc4)cc3)c2)cc1. The van der Waals surface area contributed by atoms with Crippen LogP contribution in [0, 0.1) is 35.5 Å². The van der Waals surface area contributed by atoms with Gasteiger partial charge in [-0.3, -0.25) is 14.4 Å². The second-order valence-corrected chi connectivity index (χ2v) is 17.1. The Kier molecular flexibility index (Phi) is 14.7. The second-order valence-electron chi connectivity index (χ2n) is 17.1. The van der Waals surface area contributed by atoms with Gasteiger partial charge in [-0.1, -0.05) is 90.1 Å². The number of ketones is 3. The fourth-order valence-corrected chi connectivity index (χ4v) is 7.77. The van der Waals surface area contributed by atoms with Gasteiger partial charge >= 0.3 is 0 Å². The fraction of sp³-hybridized carbons (Fsp3) is 0. The topological polar surface area (TPSA) is 78.9 Å². The molecule has 0 aliphatic rings. The minimum absolute atomic E-state index is 0.139. The molecule has 0 saturated heterocycles. The zero-order chi connectivity index (χ0) is 51.2. The van der Waals surface area contributed by atoms with E-state index >= 15 is 0 Å². The lowest BCUT2D eigenvalue weighted by molar-refractivity contribution is 0.103. The summed E-state index contributed by atoms with van der Waals surface area (Å²) in [6.07, 6.45) is 0. The number of hydrogen-bond donors (Lipinski definition) is 0. The molecule has 0 spiro atoms. The van der Waals surface area contributed by atoms with E-state index in [2.05, 4.69) is 35.5 Å². The highest BCUT2D eigenvalue weighted by molar-refractivity contribution is 6.10. The number of hydrogen-bond acceptors (Lipinski definition) is 6. The molecular formula is C69H42O6. The number of benzene rings is 10. The lowest BCUT2D eigenvalue weighted by atomic mass is 10.0. The Labute approximate surface area is 435 Å². The Hall–Kier alpha value is -10.7. The van der Waals surface area contributed by atoms with E-state index in [4.69, 9.17) is 14.2 Å². The zero-order valence-corrected chi connectivity index (χ0v) is 40.2. The Bertz CT molecular complexity index is 3410. The molecule has 0 atom stereocenters. The van der Waals surface area contributed by atoms with Crippen LogP contribution >= 0.6 is 0 Å². The molecule has 0 unspecified atom stereocenters. The van der Waals surface area contributed by atoms with Crippen molar-refractivity contribution in [1.82, 2.24) is 0 Å². The standard InChI is InChI=1S/C69H42O6/c70-67(55-28-22-52(23-29-55)19-16-49-10-4-1-5-11-49)58-34-40-61(41-35-58)73-64-46-65(74-62-42-36-59(37-43-62)68(71)56-30-24-53(25-31-56)20-17-50-12-6-2-7-13-50)48-66(47-64)75-63-44-38-60(39-45-63)69(72)57-32-26-54(27-33-57)21-18-51-14-8-3-9-15-51/h1-15,22-48H. The molecule has 0 radical (unpaired) electrons. The molecule has 10 rings (SSSR count). The van der Waals surface area contributed by atoms with Crippen molar-refractivity contribution >= 4 is 17.3 Å². The van der Waals surface area contributed by atoms with Gasteiger partial charge in [0.25, 0.3) is 0 Å². The summed E-state index contributed by atoms with van der Waals surface area (Å²) in [5.74, 6) is 21.0. The van der Waals surface area contributed by atoms with Gasteiger partial charge in [0.15, 0.2) is 17.3 Å². The highest BCUT2D eigenvalue weighted by Crippen LogP contribution is 2.36. The van der Waals surface area contributed by atoms with Crippen LogP contribution in [0.2, 0.25) is 0 Å². The number of rotatable bonds is 12. The smallest absolute Gasteiger partial charge is 0.193 e. The summed E-state index contributed by atoms with van der Waals surface area (Å²) < 4.78 is 19.1. The molecule has 0 heterocycles. The molecular weight excluding hydrogens is 925 g/mol. The monoisotopic (exact) mass is 966 g/mol. The van der Waals surface area contributed by atoms with Crippen molar-refractivity contribution in [2.24, 2.45) is 0 Å². The van der Waals surface area contributed by atoms with Gasteiger partial charge in [-0.05, 0) is 182 Å². The minimum Gasteiger partial charge on any atom is -0.457 e. The van der Waals surface area contributed by atoms with Crippen molar-refractivity contribution in [3.8, 4) is 70.0 Å². The van der Waals surface area contributed by atoms with Crippen LogP contribution in [0.1, 0.15) is 81.1 Å². The Morgan fingerprint density at radius 1 is 0.213 bits per heavy atom. The van der Waals surface area contributed by atoms with Crippen molar-refractivity contribution < 1.29 is 28.6 Å². The molecule has 0 bridgehead atoms. The molecule has 0 amide bonds. The van der Waals surface area contributed by atoms with Gasteiger partial charge in [-0.25, -0.2) is 0 Å². The molecule has 75 heavy (non-hydrogen) atoms. The number of carbonyl (C=O) groups is 3. The largest absolute Gasteiger partial charge is 0.457 e. The van der Waals surface area contributed by atoms with E-state index in [0.29, 0.717) is 67.9 Å². The maximum atomic E-state index is 13.5. The third kappa shape index (κ3) is 12.8. The summed E-state index contributed by atoms with van der Waals surface area (Å²) in [7, 11) is 0. The average Bonchev–Trinajstić information content (AvgIpc) is 3.47. The summed E-state index contributed by atoms with van der Waals surface area (Å²) in [5.41, 5.74) is 8.24. The maximum absolute atomic E-state index is 13.5. The number of carbonyl (C=O) groups excluding carboxylic acids is 3. The summed E-state index contributed by atoms with van der Waals surface area (Å²) >= 11 is 0. The molecule has 0 saturated carbocycles. The fourth-order valence-electron chi connectivity index (χ4n) is 7.77. The van der Waals surface area contributed by atoms with E-state index in [1.807, 2.05) is 127 Å². The molecule has 0 aromatic heterocycles. The van der Waals surface area contributed by atoms with Crippen LogP contribution in [0.4, 0.5) is 0 Å². The summed E-state index contributed by atoms with van der Waals surface area (Å²) in [4.78, 5) is 40.5. The molecule has 0 fully saturated rings. The molecule has 10 aromatic rings. The highest BCUT2D eigenvalue weighted by Gasteiger charge is 2.15. The van der Waals surface area contributed by atoms with Crippen LogP contribution in [0.5, 0.6) is 34.5 Å². The van der Waals surface area contributed by atoms with Crippen molar-refractivity contribution in [3.05, 3.63) is 322 Å². The summed E-state index contributed by atoms with van der Waals surface area (Å²) in [5, 5.41) is 0. The lowest BCUT2D eigenvalue weighted by Gasteiger charge is -2.14. The molecule has 0 aliphatic carbocycles. The van der Waals surface area contributed by atoms with E-state index in [0.717, 1.165) is 33.4 Å². The third-order valence-electron chi connectivity index (χ3n) is 11.7. The molecule has 6 nitrogen and oxygen atoms in total. The van der Waals surface area contributed by atoms with Crippen molar-refractivity contribution in [1.29, 1.82) is 0 Å². The second kappa shape index (κ2) is 23.0. The van der Waals surface area contributed by atoms with E-state index < -0.39 is 0 Å². The van der Waals surface area contributed by atoms with Crippen molar-refractivity contribution in [2.75, 3.05) is 0 Å². The first-order valence-corrected chi connectivity index (χ1v) is 24.0. The third-order valence-corrected chi connectivity index (χ3v) is 11.7. The van der Waals surface area contributed by atoms with Gasteiger partial charge in [0.1, 0.15) is 34.5 Å². The quantitative estimate of drug-likeness (QED) is 0.0896. The lowest BCUT2D eigenvalue weighted by Crippen LogP contribution is -2.01. The van der Waals surface area contributed by atoms with E-state index in [1.165, 1.54) is 0 Å². The molecule has 10 aromatic carbocycles. The molecule has 0 aliphatic heterocycles. The van der Waals surface area contributed by atoms with Crippen LogP contribution in [0.3, 0.4) is 0 Å². The zero-order valence-electron chi connectivity index (χ0n) is 40.2. The highest BCUT2D eigenvalue weighted by atomic mass is 16.5. The van der Waals surface area contributed by atoms with Gasteiger partial charge in [-0.15, -0.1) is 0 Å². The van der Waals surface area contributed by atoms with Gasteiger partial charge < -0.3 is 14.2 Å². The van der Waals surface area contributed by atoms with Crippen LogP contribution in [-0.2, 0) is 0 Å². The maximum Gasteiger partial charge on any atom is 0.193 e. The molecule has 354 valence electrons. The minimum atomic E-state index is -0.139. The van der Waals surface area contributed by atoms with Gasteiger partial charge in [-0.2, -0.15) is 0 Å². The van der Waals surface area contributed by atoms with E-state index in [-0.39, 0.29) is 17.3 Å². The Balaban J connectivity index is 0.843. The normalized spacial score (nSPS) is 10.2. The first-order valence-electron chi connectivity index (χ1n) is 24.0. The Morgan fingerprint density at radius 3 is 0.613 bits per heavy atom. The average molecular weight is 967 g/mol. The Morgan fingerprint density at radius 2 is 0.400 bits per heavy atom. The van der Waals surface area contributed by atoms with Crippen LogP contribution in [0.15, 0.2) is 255 Å². The van der Waals surface area contributed by atoms with Crippen molar-refractivity contribution in [3.63, 3.8) is 0 Å². The molecule has 6 heteroatoms. The predicted molar refractivity (Wildman–Crippen MR) is 293 cm³/mol. The predicted octanol–water partition coefficient (Wildman–Crippen LogP) is 15.0. The molecule has 0 N–H and O–H groups in total. The van der Waals surface area contributed by atoms with Crippen molar-refractivity contribution in [2.45, 2.75) is 0 Å².